The first-order valence-corrected chi connectivity index (χ1v) is 6.59. The van der Waals surface area contributed by atoms with Crippen molar-refractivity contribution in [1.82, 2.24) is 0 Å². The molecule has 0 aromatic heterocycles. The van der Waals surface area contributed by atoms with Crippen LogP contribution in [0.4, 0.5) is 0 Å². The first-order chi connectivity index (χ1) is 9.43. The Morgan fingerprint density at radius 2 is 2.00 bits per heavy atom. The van der Waals surface area contributed by atoms with E-state index in [1.807, 2.05) is 0 Å². The summed E-state index contributed by atoms with van der Waals surface area (Å²) in [5, 5.41) is 38.1. The molecule has 2 aliphatic heterocycles. The van der Waals surface area contributed by atoms with Crippen LogP contribution < -0.4 is 0 Å². The highest BCUT2D eigenvalue weighted by Gasteiger charge is 2.45. The summed E-state index contributed by atoms with van der Waals surface area (Å²) in [5.41, 5.74) is 0. The monoisotopic (exact) mass is 292 g/mol. The van der Waals surface area contributed by atoms with Gasteiger partial charge in [0, 0.05) is 6.42 Å². The molecular formula is C12H20O8. The predicted molar refractivity (Wildman–Crippen MR) is 63.4 cm³/mol. The smallest absolute Gasteiger partial charge is 0.306 e. The van der Waals surface area contributed by atoms with Crippen LogP contribution in [0.5, 0.6) is 0 Å². The number of cyclic esters (lactones) is 1. The Morgan fingerprint density at radius 1 is 1.30 bits per heavy atom. The van der Waals surface area contributed by atoms with Crippen LogP contribution in [0.3, 0.4) is 0 Å². The van der Waals surface area contributed by atoms with Gasteiger partial charge < -0.3 is 34.6 Å². The molecule has 2 heterocycles. The molecule has 2 saturated heterocycles. The number of aliphatic hydroxyl groups is 4. The second-order valence-corrected chi connectivity index (χ2v) is 5.11. The van der Waals surface area contributed by atoms with Gasteiger partial charge in [0.15, 0.2) is 6.29 Å². The number of carbonyl (C=O) groups excluding carboxylic acids is 1. The summed E-state index contributed by atoms with van der Waals surface area (Å²) < 4.78 is 15.7. The molecule has 8 heteroatoms. The number of rotatable bonds is 4. The van der Waals surface area contributed by atoms with Gasteiger partial charge in [0.2, 0.25) is 0 Å². The van der Waals surface area contributed by atoms with Gasteiger partial charge in [-0.1, -0.05) is 0 Å². The maximum Gasteiger partial charge on any atom is 0.306 e. The normalized spacial score (nSPS) is 43.4. The van der Waals surface area contributed by atoms with Crippen molar-refractivity contribution >= 4 is 5.97 Å². The lowest BCUT2D eigenvalue weighted by Gasteiger charge is -2.40. The molecule has 0 amide bonds. The lowest BCUT2D eigenvalue weighted by molar-refractivity contribution is -0.314. The third kappa shape index (κ3) is 3.11. The Morgan fingerprint density at radius 3 is 2.55 bits per heavy atom. The molecule has 0 unspecified atom stereocenters. The average molecular weight is 292 g/mol. The maximum atomic E-state index is 11.0. The molecule has 7 atom stereocenters. The average Bonchev–Trinajstić information content (AvgIpc) is 2.86. The Hall–Kier alpha value is -0.770. The second kappa shape index (κ2) is 6.33. The van der Waals surface area contributed by atoms with E-state index in [2.05, 4.69) is 0 Å². The van der Waals surface area contributed by atoms with Gasteiger partial charge in [-0.2, -0.15) is 0 Å². The number of ether oxygens (including phenoxy) is 3. The van der Waals surface area contributed by atoms with Crippen LogP contribution in [0, 0.1) is 0 Å². The van der Waals surface area contributed by atoms with Crippen LogP contribution in [0.2, 0.25) is 0 Å². The summed E-state index contributed by atoms with van der Waals surface area (Å²) >= 11 is 0. The molecule has 0 aromatic rings. The molecule has 0 aromatic carbocycles. The van der Waals surface area contributed by atoms with E-state index in [9.17, 15) is 20.1 Å². The van der Waals surface area contributed by atoms with Crippen molar-refractivity contribution in [2.75, 3.05) is 6.61 Å². The van der Waals surface area contributed by atoms with E-state index >= 15 is 0 Å². The van der Waals surface area contributed by atoms with Crippen molar-refractivity contribution in [3.05, 3.63) is 0 Å². The highest BCUT2D eigenvalue weighted by molar-refractivity contribution is 5.71. The molecule has 0 bridgehead atoms. The SMILES string of the molecule is C[C@@H](O[C@@H]1O[C@H](CO)[C@@H](O)[C@H](O)[C@H]1O)[C@H]1CCC(=O)O1. The summed E-state index contributed by atoms with van der Waals surface area (Å²) in [6.07, 6.45) is -6.73. The largest absolute Gasteiger partial charge is 0.460 e. The number of hydrogen-bond acceptors (Lipinski definition) is 8. The van der Waals surface area contributed by atoms with Gasteiger partial charge in [0.1, 0.15) is 30.5 Å². The summed E-state index contributed by atoms with van der Waals surface area (Å²) in [4.78, 5) is 11.0. The van der Waals surface area contributed by atoms with Crippen molar-refractivity contribution in [3.63, 3.8) is 0 Å². The number of esters is 1. The molecule has 2 aliphatic rings. The number of aliphatic hydroxyl groups excluding tert-OH is 4. The summed E-state index contributed by atoms with van der Waals surface area (Å²) in [6, 6.07) is 0. The molecule has 0 spiro atoms. The van der Waals surface area contributed by atoms with Crippen molar-refractivity contribution in [3.8, 4) is 0 Å². The molecule has 20 heavy (non-hydrogen) atoms. The molecule has 0 aliphatic carbocycles. The molecule has 2 rings (SSSR count). The first-order valence-electron chi connectivity index (χ1n) is 6.59. The van der Waals surface area contributed by atoms with Gasteiger partial charge in [0.05, 0.1) is 12.7 Å². The van der Waals surface area contributed by atoms with Crippen LogP contribution >= 0.6 is 0 Å². The van der Waals surface area contributed by atoms with Gasteiger partial charge in [-0.05, 0) is 13.3 Å². The zero-order valence-electron chi connectivity index (χ0n) is 11.1. The zero-order valence-corrected chi connectivity index (χ0v) is 11.1. The fraction of sp³-hybridized carbons (Fsp3) is 0.917. The molecule has 8 nitrogen and oxygen atoms in total. The van der Waals surface area contributed by atoms with Gasteiger partial charge in [-0.15, -0.1) is 0 Å². The maximum absolute atomic E-state index is 11.0. The van der Waals surface area contributed by atoms with Gasteiger partial charge >= 0.3 is 5.97 Å². The second-order valence-electron chi connectivity index (χ2n) is 5.11. The highest BCUT2D eigenvalue weighted by Crippen LogP contribution is 2.26. The van der Waals surface area contributed by atoms with Crippen molar-refractivity contribution < 1.29 is 39.4 Å². The number of carbonyl (C=O) groups is 1. The van der Waals surface area contributed by atoms with Crippen molar-refractivity contribution in [2.24, 2.45) is 0 Å². The van der Waals surface area contributed by atoms with Crippen LogP contribution in [0.25, 0.3) is 0 Å². The van der Waals surface area contributed by atoms with Gasteiger partial charge in [0.25, 0.3) is 0 Å². The Balaban J connectivity index is 1.95. The van der Waals surface area contributed by atoms with E-state index in [0.29, 0.717) is 12.8 Å². The molecule has 116 valence electrons. The fourth-order valence-corrected chi connectivity index (χ4v) is 2.36. The third-order valence-electron chi connectivity index (χ3n) is 3.64. The Labute approximate surface area is 115 Å². The predicted octanol–water partition coefficient (Wildman–Crippen LogP) is -2.10. The van der Waals surface area contributed by atoms with Crippen molar-refractivity contribution in [1.29, 1.82) is 0 Å². The quantitative estimate of drug-likeness (QED) is 0.434. The Bertz CT molecular complexity index is 346. The van der Waals surface area contributed by atoms with Crippen molar-refractivity contribution in [2.45, 2.75) is 62.7 Å². The molecule has 0 saturated carbocycles. The highest BCUT2D eigenvalue weighted by atomic mass is 16.7. The van der Waals surface area contributed by atoms with E-state index in [-0.39, 0.29) is 5.97 Å². The van der Waals surface area contributed by atoms with Crippen LogP contribution in [0.15, 0.2) is 0 Å². The van der Waals surface area contributed by atoms with Crippen LogP contribution in [0.1, 0.15) is 19.8 Å². The van der Waals surface area contributed by atoms with E-state index in [0.717, 1.165) is 0 Å². The zero-order chi connectivity index (χ0) is 14.9. The molecule has 2 fully saturated rings. The standard InChI is InChI=1S/C12H20O8/c1-5(6-2-3-8(14)19-6)18-12-11(17)10(16)9(15)7(4-13)20-12/h5-7,9-13,15-17H,2-4H2,1H3/t5-,6-,7-,9-,10+,11-,12-/m1/s1. The summed E-state index contributed by atoms with van der Waals surface area (Å²) in [7, 11) is 0. The summed E-state index contributed by atoms with van der Waals surface area (Å²) in [5.74, 6) is -0.306. The van der Waals surface area contributed by atoms with E-state index in [1.165, 1.54) is 0 Å². The lowest BCUT2D eigenvalue weighted by atomic mass is 9.99. The minimum absolute atomic E-state index is 0.306. The van der Waals surface area contributed by atoms with Crippen LogP contribution in [-0.2, 0) is 19.0 Å². The summed E-state index contributed by atoms with van der Waals surface area (Å²) in [6.45, 7) is 1.14. The molecular weight excluding hydrogens is 272 g/mol. The Kier molecular flexibility index (Phi) is 4.95. The molecule has 4 N–H and O–H groups in total. The first kappa shape index (κ1) is 15.6. The topological polar surface area (TPSA) is 126 Å². The van der Waals surface area contributed by atoms with Gasteiger partial charge in [-0.25, -0.2) is 0 Å². The fourth-order valence-electron chi connectivity index (χ4n) is 2.36. The minimum atomic E-state index is -1.48. The van der Waals surface area contributed by atoms with Gasteiger partial charge in [-0.3, -0.25) is 4.79 Å². The van der Waals surface area contributed by atoms with E-state index in [4.69, 9.17) is 19.3 Å². The van der Waals surface area contributed by atoms with Crippen LogP contribution in [-0.4, -0.2) is 75.9 Å². The molecule has 0 radical (unpaired) electrons. The minimum Gasteiger partial charge on any atom is -0.460 e. The lowest BCUT2D eigenvalue weighted by Crippen LogP contribution is -2.60. The van der Waals surface area contributed by atoms with E-state index < -0.39 is 49.5 Å². The van der Waals surface area contributed by atoms with E-state index in [1.54, 1.807) is 6.92 Å². The number of hydrogen-bond donors (Lipinski definition) is 4. The third-order valence-corrected chi connectivity index (χ3v) is 3.64.